The average Bonchev–Trinajstić information content (AvgIpc) is 2.64. The molecule has 4 nitrogen and oxygen atoms in total. The molecule has 2 fully saturated rings. The molecule has 4 heteroatoms. The first kappa shape index (κ1) is 17.0. The summed E-state index contributed by atoms with van der Waals surface area (Å²) in [6.45, 7) is 3.43. The highest BCUT2D eigenvalue weighted by molar-refractivity contribution is 5.78. The van der Waals surface area contributed by atoms with Crippen LogP contribution in [0.4, 0.5) is 0 Å². The Kier molecular flexibility index (Phi) is 4.52. The monoisotopic (exact) mass is 338 g/mol. The van der Waals surface area contributed by atoms with E-state index in [0.29, 0.717) is 5.92 Å². The van der Waals surface area contributed by atoms with Gasteiger partial charge in [-0.2, -0.15) is 0 Å². The maximum absolute atomic E-state index is 6.53. The highest BCUT2D eigenvalue weighted by atomic mass is 15.2. The molecule has 0 aliphatic carbocycles. The van der Waals surface area contributed by atoms with Gasteiger partial charge in [-0.1, -0.05) is 24.3 Å². The molecule has 0 bridgehead atoms. The Morgan fingerprint density at radius 3 is 2.56 bits per heavy atom. The fourth-order valence-electron chi connectivity index (χ4n) is 4.89. The topological polar surface area (TPSA) is 45.4 Å². The molecule has 2 aliphatic heterocycles. The molecule has 1 aromatic heterocycles. The van der Waals surface area contributed by atoms with Gasteiger partial charge in [0.15, 0.2) is 0 Å². The van der Waals surface area contributed by atoms with E-state index in [-0.39, 0.29) is 11.6 Å². The van der Waals surface area contributed by atoms with E-state index in [2.05, 4.69) is 60.3 Å². The van der Waals surface area contributed by atoms with E-state index < -0.39 is 0 Å². The van der Waals surface area contributed by atoms with Crippen molar-refractivity contribution in [3.8, 4) is 0 Å². The summed E-state index contributed by atoms with van der Waals surface area (Å²) in [4.78, 5) is 9.89. The minimum atomic E-state index is 0.122. The van der Waals surface area contributed by atoms with Crippen molar-refractivity contribution in [2.24, 2.45) is 11.7 Å². The number of rotatable bonds is 2. The summed E-state index contributed by atoms with van der Waals surface area (Å²) in [5, 5.41) is 1.22. The normalized spacial score (nSPS) is 30.0. The molecule has 2 aliphatic rings. The van der Waals surface area contributed by atoms with Crippen molar-refractivity contribution in [2.45, 2.75) is 37.3 Å². The zero-order valence-corrected chi connectivity index (χ0v) is 15.5. The van der Waals surface area contributed by atoms with Gasteiger partial charge in [0, 0.05) is 23.0 Å². The van der Waals surface area contributed by atoms with Crippen LogP contribution in [0.1, 0.15) is 31.4 Å². The maximum Gasteiger partial charge on any atom is 0.0705 e. The summed E-state index contributed by atoms with van der Waals surface area (Å²) < 4.78 is 0. The van der Waals surface area contributed by atoms with E-state index in [1.54, 1.807) is 0 Å². The molecule has 0 saturated carbocycles. The van der Waals surface area contributed by atoms with Crippen LogP contribution in [0.25, 0.3) is 10.9 Å². The van der Waals surface area contributed by atoms with Crippen LogP contribution >= 0.6 is 0 Å². The number of benzene rings is 1. The van der Waals surface area contributed by atoms with Gasteiger partial charge in [-0.05, 0) is 70.9 Å². The number of fused-ring (bicyclic) bond motifs is 1. The Bertz CT molecular complexity index is 738. The van der Waals surface area contributed by atoms with Gasteiger partial charge in [-0.3, -0.25) is 9.88 Å². The molecule has 25 heavy (non-hydrogen) atoms. The van der Waals surface area contributed by atoms with E-state index in [1.807, 2.05) is 0 Å². The van der Waals surface area contributed by atoms with Crippen molar-refractivity contribution >= 4 is 10.9 Å². The predicted molar refractivity (Wildman–Crippen MR) is 103 cm³/mol. The average molecular weight is 338 g/mol. The molecule has 0 amide bonds. The lowest BCUT2D eigenvalue weighted by molar-refractivity contribution is 0.0502. The van der Waals surface area contributed by atoms with Crippen molar-refractivity contribution in [1.82, 2.24) is 14.8 Å². The molecule has 2 saturated heterocycles. The second-order valence-electron chi connectivity index (χ2n) is 8.12. The molecule has 2 aromatic rings. The van der Waals surface area contributed by atoms with Gasteiger partial charge in [0.1, 0.15) is 0 Å². The van der Waals surface area contributed by atoms with Gasteiger partial charge in [-0.25, -0.2) is 0 Å². The second-order valence-corrected chi connectivity index (χ2v) is 8.12. The van der Waals surface area contributed by atoms with Crippen LogP contribution in [0.5, 0.6) is 0 Å². The first-order valence-electron chi connectivity index (χ1n) is 9.59. The number of hydrogen-bond acceptors (Lipinski definition) is 4. The molecular formula is C21H30N4. The summed E-state index contributed by atoms with van der Waals surface area (Å²) in [7, 11) is 4.38. The highest BCUT2D eigenvalue weighted by Gasteiger charge is 2.46. The van der Waals surface area contributed by atoms with Crippen molar-refractivity contribution in [1.29, 1.82) is 0 Å². The van der Waals surface area contributed by atoms with Gasteiger partial charge < -0.3 is 10.6 Å². The van der Waals surface area contributed by atoms with Crippen molar-refractivity contribution in [2.75, 3.05) is 33.7 Å². The molecule has 4 rings (SSSR count). The first-order chi connectivity index (χ1) is 12.1. The van der Waals surface area contributed by atoms with Gasteiger partial charge in [-0.15, -0.1) is 0 Å². The SMILES string of the molecule is CN1CCC(C2(c3ccc4ccccc4n3)CCN(C)C(N)C2)CC1. The minimum absolute atomic E-state index is 0.122. The van der Waals surface area contributed by atoms with E-state index in [9.17, 15) is 0 Å². The van der Waals surface area contributed by atoms with Crippen LogP contribution < -0.4 is 5.73 Å². The summed E-state index contributed by atoms with van der Waals surface area (Å²) in [6, 6.07) is 13.0. The predicted octanol–water partition coefficient (Wildman–Crippen LogP) is 2.82. The number of piperidine rings is 2. The van der Waals surface area contributed by atoms with Gasteiger partial charge in [0.05, 0.1) is 11.7 Å². The number of pyridine rings is 1. The number of likely N-dealkylation sites (tertiary alicyclic amines) is 2. The lowest BCUT2D eigenvalue weighted by Gasteiger charge is -2.50. The third kappa shape index (κ3) is 3.07. The van der Waals surface area contributed by atoms with Crippen LogP contribution in [0, 0.1) is 5.92 Å². The number of nitrogens with zero attached hydrogens (tertiary/aromatic N) is 3. The lowest BCUT2D eigenvalue weighted by Crippen LogP contribution is -2.55. The quantitative estimate of drug-likeness (QED) is 0.915. The molecule has 0 radical (unpaired) electrons. The van der Waals surface area contributed by atoms with Crippen LogP contribution in [-0.2, 0) is 5.41 Å². The number of hydrogen-bond donors (Lipinski definition) is 1. The fraction of sp³-hybridized carbons (Fsp3) is 0.571. The van der Waals surface area contributed by atoms with Crippen LogP contribution in [0.3, 0.4) is 0 Å². The smallest absolute Gasteiger partial charge is 0.0705 e. The van der Waals surface area contributed by atoms with Gasteiger partial charge >= 0.3 is 0 Å². The summed E-state index contributed by atoms with van der Waals surface area (Å²) in [5.41, 5.74) is 9.03. The summed E-state index contributed by atoms with van der Waals surface area (Å²) in [5.74, 6) is 0.678. The van der Waals surface area contributed by atoms with Crippen molar-refractivity contribution in [3.63, 3.8) is 0 Å². The van der Waals surface area contributed by atoms with E-state index >= 15 is 0 Å². The molecule has 2 atom stereocenters. The van der Waals surface area contributed by atoms with E-state index in [0.717, 1.165) is 24.9 Å². The van der Waals surface area contributed by atoms with Gasteiger partial charge in [0.2, 0.25) is 0 Å². The molecular weight excluding hydrogens is 308 g/mol. The molecule has 2 N–H and O–H groups in total. The van der Waals surface area contributed by atoms with Gasteiger partial charge in [0.25, 0.3) is 0 Å². The molecule has 134 valence electrons. The molecule has 2 unspecified atom stereocenters. The Labute approximate surface area is 151 Å². The lowest BCUT2D eigenvalue weighted by atomic mass is 9.62. The summed E-state index contributed by atoms with van der Waals surface area (Å²) >= 11 is 0. The fourth-order valence-corrected chi connectivity index (χ4v) is 4.89. The molecule has 3 heterocycles. The van der Waals surface area contributed by atoms with Crippen LogP contribution in [0.2, 0.25) is 0 Å². The zero-order chi connectivity index (χ0) is 17.4. The van der Waals surface area contributed by atoms with Crippen LogP contribution in [-0.4, -0.2) is 54.7 Å². The minimum Gasteiger partial charge on any atom is -0.316 e. The summed E-state index contributed by atoms with van der Waals surface area (Å²) in [6.07, 6.45) is 4.81. The van der Waals surface area contributed by atoms with Crippen molar-refractivity contribution < 1.29 is 0 Å². The van der Waals surface area contributed by atoms with E-state index in [4.69, 9.17) is 10.7 Å². The number of aromatic nitrogens is 1. The second kappa shape index (κ2) is 6.67. The zero-order valence-electron chi connectivity index (χ0n) is 15.5. The molecule has 0 spiro atoms. The standard InChI is InChI=1S/C21H30N4/c1-24-12-9-17(10-13-24)21(11-14-25(2)20(22)15-21)19-8-7-16-5-3-4-6-18(16)23-19/h3-8,17,20H,9-15,22H2,1-2H3. The third-order valence-corrected chi connectivity index (χ3v) is 6.66. The number of para-hydroxylation sites is 1. The largest absolute Gasteiger partial charge is 0.316 e. The Morgan fingerprint density at radius 2 is 1.80 bits per heavy atom. The first-order valence-corrected chi connectivity index (χ1v) is 9.59. The Hall–Kier alpha value is -1.49. The van der Waals surface area contributed by atoms with E-state index in [1.165, 1.54) is 37.0 Å². The Morgan fingerprint density at radius 1 is 1.04 bits per heavy atom. The van der Waals surface area contributed by atoms with Crippen molar-refractivity contribution in [3.05, 3.63) is 42.1 Å². The maximum atomic E-state index is 6.53. The van der Waals surface area contributed by atoms with Crippen LogP contribution in [0.15, 0.2) is 36.4 Å². The third-order valence-electron chi connectivity index (χ3n) is 6.66. The molecule has 1 aromatic carbocycles. The number of nitrogens with two attached hydrogens (primary N) is 1. The Balaban J connectivity index is 1.76. The highest BCUT2D eigenvalue weighted by Crippen LogP contribution is 2.46.